The molecule has 26 heavy (non-hydrogen) atoms. The zero-order valence-corrected chi connectivity index (χ0v) is 14.7. The Morgan fingerprint density at radius 3 is 2.27 bits per heavy atom. The highest BCUT2D eigenvalue weighted by atomic mass is 19.1. The number of amides is 2. The lowest BCUT2D eigenvalue weighted by molar-refractivity contribution is -0.140. The van der Waals surface area contributed by atoms with E-state index < -0.39 is 29.4 Å². The quantitative estimate of drug-likeness (QED) is 0.548. The summed E-state index contributed by atoms with van der Waals surface area (Å²) in [6, 6.07) is 6.00. The first-order valence-electron chi connectivity index (χ1n) is 8.95. The van der Waals surface area contributed by atoms with Crippen molar-refractivity contribution in [3.63, 3.8) is 0 Å². The van der Waals surface area contributed by atoms with E-state index in [1.807, 2.05) is 0 Å². The Hall–Kier alpha value is -1.99. The van der Waals surface area contributed by atoms with Gasteiger partial charge < -0.3 is 21.7 Å². The minimum atomic E-state index is -1.32. The maximum absolute atomic E-state index is 12.9. The zero-order chi connectivity index (χ0) is 19.3. The summed E-state index contributed by atoms with van der Waals surface area (Å²) >= 11 is 0. The van der Waals surface area contributed by atoms with Gasteiger partial charge in [0.15, 0.2) is 0 Å². The van der Waals surface area contributed by atoms with E-state index in [1.165, 1.54) is 12.1 Å². The SMILES string of the molecule is NC(=O)C1CCC(O)(C(CC(O)CCc2ccc(F)cc2)C(N)=O)CC1. The van der Waals surface area contributed by atoms with Gasteiger partial charge in [-0.1, -0.05) is 12.1 Å². The molecule has 7 heteroatoms. The van der Waals surface area contributed by atoms with E-state index in [0.29, 0.717) is 25.7 Å². The summed E-state index contributed by atoms with van der Waals surface area (Å²) in [5.74, 6) is -2.57. The van der Waals surface area contributed by atoms with Crippen molar-refractivity contribution in [2.24, 2.45) is 23.3 Å². The number of nitrogens with two attached hydrogens (primary N) is 2. The minimum absolute atomic E-state index is 0.0499. The van der Waals surface area contributed by atoms with Crippen LogP contribution in [0.4, 0.5) is 4.39 Å². The Labute approximate surface area is 152 Å². The van der Waals surface area contributed by atoms with E-state index in [-0.39, 0.29) is 31.0 Å². The first-order valence-corrected chi connectivity index (χ1v) is 8.95. The Kier molecular flexibility index (Phi) is 6.72. The number of benzene rings is 1. The topological polar surface area (TPSA) is 127 Å². The van der Waals surface area contributed by atoms with Crippen LogP contribution in [0.25, 0.3) is 0 Å². The zero-order valence-electron chi connectivity index (χ0n) is 14.7. The number of carbonyl (C=O) groups is 2. The maximum Gasteiger partial charge on any atom is 0.223 e. The molecule has 1 aliphatic rings. The number of rotatable bonds is 8. The first kappa shape index (κ1) is 20.3. The van der Waals surface area contributed by atoms with Gasteiger partial charge in [0.05, 0.1) is 17.6 Å². The molecule has 6 N–H and O–H groups in total. The van der Waals surface area contributed by atoms with Crippen LogP contribution in [0.2, 0.25) is 0 Å². The molecular weight excluding hydrogens is 339 g/mol. The van der Waals surface area contributed by atoms with Gasteiger partial charge in [0.25, 0.3) is 0 Å². The number of halogens is 1. The van der Waals surface area contributed by atoms with Gasteiger partial charge in [-0.2, -0.15) is 0 Å². The van der Waals surface area contributed by atoms with Gasteiger partial charge in [0.2, 0.25) is 11.8 Å². The number of aryl methyl sites for hydroxylation is 1. The summed E-state index contributed by atoms with van der Waals surface area (Å²) in [6.07, 6.45) is 1.43. The molecule has 0 aliphatic heterocycles. The number of primary amides is 2. The van der Waals surface area contributed by atoms with Gasteiger partial charge in [-0.3, -0.25) is 9.59 Å². The van der Waals surface area contributed by atoms with Crippen LogP contribution < -0.4 is 11.5 Å². The van der Waals surface area contributed by atoms with Crippen LogP contribution in [0.1, 0.15) is 44.1 Å². The van der Waals surface area contributed by atoms with Crippen LogP contribution in [0.3, 0.4) is 0 Å². The average molecular weight is 366 g/mol. The lowest BCUT2D eigenvalue weighted by atomic mass is 9.70. The second kappa shape index (κ2) is 8.60. The molecule has 0 radical (unpaired) electrons. The predicted octanol–water partition coefficient (Wildman–Crippen LogP) is 1.02. The fraction of sp³-hybridized carbons (Fsp3) is 0.579. The van der Waals surface area contributed by atoms with Crippen molar-refractivity contribution >= 4 is 11.8 Å². The summed E-state index contributed by atoms with van der Waals surface area (Å²) in [7, 11) is 0. The van der Waals surface area contributed by atoms with Crippen molar-refractivity contribution in [1.82, 2.24) is 0 Å². The molecule has 1 saturated carbocycles. The Bertz CT molecular complexity index is 627. The molecule has 2 unspecified atom stereocenters. The maximum atomic E-state index is 12.9. The number of hydrogen-bond donors (Lipinski definition) is 4. The molecule has 1 fully saturated rings. The third-order valence-electron chi connectivity index (χ3n) is 5.43. The van der Waals surface area contributed by atoms with Crippen molar-refractivity contribution in [2.75, 3.05) is 0 Å². The van der Waals surface area contributed by atoms with E-state index >= 15 is 0 Å². The summed E-state index contributed by atoms with van der Waals surface area (Å²) in [6.45, 7) is 0. The molecule has 0 aromatic heterocycles. The minimum Gasteiger partial charge on any atom is -0.393 e. The van der Waals surface area contributed by atoms with Crippen LogP contribution >= 0.6 is 0 Å². The van der Waals surface area contributed by atoms with Gasteiger partial charge in [-0.15, -0.1) is 0 Å². The molecule has 6 nitrogen and oxygen atoms in total. The Morgan fingerprint density at radius 1 is 1.19 bits per heavy atom. The van der Waals surface area contributed by atoms with E-state index in [9.17, 15) is 24.2 Å². The van der Waals surface area contributed by atoms with Gasteiger partial charge in [0, 0.05) is 5.92 Å². The largest absolute Gasteiger partial charge is 0.393 e. The van der Waals surface area contributed by atoms with Gasteiger partial charge in [0.1, 0.15) is 5.82 Å². The van der Waals surface area contributed by atoms with Crippen molar-refractivity contribution in [3.8, 4) is 0 Å². The molecular formula is C19H27FN2O4. The van der Waals surface area contributed by atoms with Crippen LogP contribution in [0, 0.1) is 17.7 Å². The number of aliphatic hydroxyl groups excluding tert-OH is 1. The Morgan fingerprint density at radius 2 is 1.77 bits per heavy atom. The summed E-state index contributed by atoms with van der Waals surface area (Å²) < 4.78 is 12.9. The van der Waals surface area contributed by atoms with Crippen molar-refractivity contribution in [2.45, 2.75) is 56.7 Å². The molecule has 1 aromatic carbocycles. The monoisotopic (exact) mass is 366 g/mol. The standard InChI is InChI=1S/C19H27FN2O4/c20-14-4-1-12(2-5-14)3-6-15(23)11-16(18(22)25)19(26)9-7-13(8-10-19)17(21)24/h1-2,4-5,13,15-16,23,26H,3,6-11H2,(H2,21,24)(H2,22,25). The third-order valence-corrected chi connectivity index (χ3v) is 5.43. The second-order valence-corrected chi connectivity index (χ2v) is 7.29. The lowest BCUT2D eigenvalue weighted by Gasteiger charge is -2.40. The summed E-state index contributed by atoms with van der Waals surface area (Å²) in [5.41, 5.74) is 10.3. The van der Waals surface area contributed by atoms with Crippen molar-refractivity contribution < 1.29 is 24.2 Å². The van der Waals surface area contributed by atoms with E-state index in [1.54, 1.807) is 12.1 Å². The highest BCUT2D eigenvalue weighted by Gasteiger charge is 2.44. The highest BCUT2D eigenvalue weighted by molar-refractivity contribution is 5.79. The number of aliphatic hydroxyl groups is 2. The molecule has 0 bridgehead atoms. The molecule has 144 valence electrons. The number of carbonyl (C=O) groups excluding carboxylic acids is 2. The van der Waals surface area contributed by atoms with E-state index in [2.05, 4.69) is 0 Å². The molecule has 0 saturated heterocycles. The highest BCUT2D eigenvalue weighted by Crippen LogP contribution is 2.39. The predicted molar refractivity (Wildman–Crippen MR) is 94.1 cm³/mol. The van der Waals surface area contributed by atoms with E-state index in [0.717, 1.165) is 5.56 Å². The smallest absolute Gasteiger partial charge is 0.223 e. The second-order valence-electron chi connectivity index (χ2n) is 7.29. The third kappa shape index (κ3) is 5.25. The first-order chi connectivity index (χ1) is 12.2. The van der Waals surface area contributed by atoms with Crippen molar-refractivity contribution in [3.05, 3.63) is 35.6 Å². The molecule has 2 rings (SSSR count). The van der Waals surface area contributed by atoms with Crippen LogP contribution in [0.15, 0.2) is 24.3 Å². The summed E-state index contributed by atoms with van der Waals surface area (Å²) in [4.78, 5) is 23.2. The molecule has 0 heterocycles. The number of hydrogen-bond acceptors (Lipinski definition) is 4. The van der Waals surface area contributed by atoms with Gasteiger partial charge >= 0.3 is 0 Å². The fourth-order valence-electron chi connectivity index (χ4n) is 3.73. The fourth-order valence-corrected chi connectivity index (χ4v) is 3.73. The van der Waals surface area contributed by atoms with Crippen LogP contribution in [0.5, 0.6) is 0 Å². The molecule has 0 spiro atoms. The molecule has 2 atom stereocenters. The van der Waals surface area contributed by atoms with Crippen molar-refractivity contribution in [1.29, 1.82) is 0 Å². The van der Waals surface area contributed by atoms with E-state index in [4.69, 9.17) is 11.5 Å². The van der Waals surface area contributed by atoms with Crippen LogP contribution in [-0.2, 0) is 16.0 Å². The van der Waals surface area contributed by atoms with Gasteiger partial charge in [-0.25, -0.2) is 4.39 Å². The average Bonchev–Trinajstić information content (AvgIpc) is 2.59. The van der Waals surface area contributed by atoms with Gasteiger partial charge in [-0.05, 0) is 62.6 Å². The summed E-state index contributed by atoms with van der Waals surface area (Å²) in [5, 5.41) is 21.2. The normalized spacial score (nSPS) is 25.4. The lowest BCUT2D eigenvalue weighted by Crippen LogP contribution is -2.49. The molecule has 2 amide bonds. The molecule has 1 aliphatic carbocycles. The molecule has 1 aromatic rings. The van der Waals surface area contributed by atoms with Crippen LogP contribution in [-0.4, -0.2) is 33.7 Å². The Balaban J connectivity index is 1.93.